The Hall–Kier alpha value is -2.16. The van der Waals surface area contributed by atoms with Crippen LogP contribution in [0, 0.1) is 5.82 Å². The summed E-state index contributed by atoms with van der Waals surface area (Å²) in [6.45, 7) is 3.30. The third-order valence-corrected chi connectivity index (χ3v) is 4.06. The fourth-order valence-electron chi connectivity index (χ4n) is 2.84. The molecule has 0 saturated carbocycles. The highest BCUT2D eigenvalue weighted by molar-refractivity contribution is 5.96. The molecule has 3 heteroatoms. The highest BCUT2D eigenvalue weighted by Gasteiger charge is 2.19. The monoisotopic (exact) mass is 283 g/mol. The number of carbonyl (C=O) groups is 1. The molecule has 1 aliphatic heterocycles. The lowest BCUT2D eigenvalue weighted by atomic mass is 9.99. The summed E-state index contributed by atoms with van der Waals surface area (Å²) >= 11 is 0. The van der Waals surface area contributed by atoms with Crippen LogP contribution in [0.15, 0.2) is 42.5 Å². The molecule has 108 valence electrons. The van der Waals surface area contributed by atoms with E-state index in [2.05, 4.69) is 12.1 Å². The lowest BCUT2D eigenvalue weighted by molar-refractivity contribution is 0.0987. The second-order valence-electron chi connectivity index (χ2n) is 5.38. The number of carbonyl (C=O) groups excluding carboxylic acids is 1. The number of Topliss-reactive ketones (excluding diaryl/α,β-unsaturated/α-hetero) is 1. The molecule has 0 fully saturated rings. The Labute approximate surface area is 124 Å². The molecule has 0 aliphatic carbocycles. The molecule has 0 radical (unpaired) electrons. The number of ketones is 1. The van der Waals surface area contributed by atoms with E-state index in [0.29, 0.717) is 24.2 Å². The zero-order valence-electron chi connectivity index (χ0n) is 12.1. The van der Waals surface area contributed by atoms with Crippen molar-refractivity contribution in [2.45, 2.75) is 26.3 Å². The zero-order valence-corrected chi connectivity index (χ0v) is 12.1. The summed E-state index contributed by atoms with van der Waals surface area (Å²) in [4.78, 5) is 13.7. The van der Waals surface area contributed by atoms with Crippen molar-refractivity contribution in [2.24, 2.45) is 0 Å². The number of benzene rings is 2. The average Bonchev–Trinajstić information content (AvgIpc) is 2.53. The van der Waals surface area contributed by atoms with Gasteiger partial charge < -0.3 is 4.90 Å². The van der Waals surface area contributed by atoms with Crippen LogP contribution >= 0.6 is 0 Å². The maximum atomic E-state index is 14.3. The average molecular weight is 283 g/mol. The molecule has 0 atom stereocenters. The van der Waals surface area contributed by atoms with Gasteiger partial charge in [-0.1, -0.05) is 31.2 Å². The topological polar surface area (TPSA) is 20.3 Å². The van der Waals surface area contributed by atoms with Crippen LogP contribution in [-0.4, -0.2) is 12.3 Å². The molecule has 21 heavy (non-hydrogen) atoms. The maximum Gasteiger partial charge on any atom is 0.162 e. The highest BCUT2D eigenvalue weighted by Crippen LogP contribution is 2.27. The second-order valence-corrected chi connectivity index (χ2v) is 5.38. The Bertz CT molecular complexity index is 681. The Morgan fingerprint density at radius 1 is 1.19 bits per heavy atom. The van der Waals surface area contributed by atoms with Crippen molar-refractivity contribution in [3.63, 3.8) is 0 Å². The molecule has 1 aliphatic rings. The van der Waals surface area contributed by atoms with Gasteiger partial charge in [0.1, 0.15) is 5.82 Å². The van der Waals surface area contributed by atoms with Crippen molar-refractivity contribution in [3.8, 4) is 0 Å². The smallest absolute Gasteiger partial charge is 0.162 e. The zero-order chi connectivity index (χ0) is 14.8. The van der Waals surface area contributed by atoms with Crippen LogP contribution in [0.4, 0.5) is 10.1 Å². The minimum absolute atomic E-state index is 0.0237. The molecule has 0 saturated heterocycles. The summed E-state index contributed by atoms with van der Waals surface area (Å²) in [6, 6.07) is 13.1. The molecule has 2 aromatic rings. The fraction of sp³-hybridized carbons (Fsp3) is 0.278. The number of rotatable bonds is 3. The van der Waals surface area contributed by atoms with E-state index in [1.807, 2.05) is 17.0 Å². The van der Waals surface area contributed by atoms with Gasteiger partial charge in [-0.05, 0) is 35.7 Å². The van der Waals surface area contributed by atoms with Gasteiger partial charge in [-0.3, -0.25) is 4.79 Å². The van der Waals surface area contributed by atoms with E-state index < -0.39 is 0 Å². The first-order chi connectivity index (χ1) is 10.2. The van der Waals surface area contributed by atoms with Gasteiger partial charge in [0.2, 0.25) is 0 Å². The predicted molar refractivity (Wildman–Crippen MR) is 82.2 cm³/mol. The summed E-state index contributed by atoms with van der Waals surface area (Å²) in [6.07, 6.45) is 1.32. The third-order valence-electron chi connectivity index (χ3n) is 4.06. The number of anilines is 1. The van der Waals surface area contributed by atoms with Crippen molar-refractivity contribution in [2.75, 3.05) is 11.4 Å². The third kappa shape index (κ3) is 2.68. The molecule has 0 N–H and O–H groups in total. The molecular formula is C18H18FNO. The lowest BCUT2D eigenvalue weighted by Gasteiger charge is -2.31. The van der Waals surface area contributed by atoms with Crippen molar-refractivity contribution in [3.05, 3.63) is 65.0 Å². The van der Waals surface area contributed by atoms with Crippen molar-refractivity contribution >= 4 is 11.5 Å². The van der Waals surface area contributed by atoms with Crippen LogP contribution in [0.5, 0.6) is 0 Å². The molecule has 0 aromatic heterocycles. The van der Waals surface area contributed by atoms with Crippen LogP contribution in [0.25, 0.3) is 0 Å². The van der Waals surface area contributed by atoms with E-state index in [1.54, 1.807) is 19.1 Å². The largest absolute Gasteiger partial charge is 0.364 e. The molecule has 1 heterocycles. The first kappa shape index (κ1) is 13.8. The molecule has 2 nitrogen and oxygen atoms in total. The van der Waals surface area contributed by atoms with Crippen LogP contribution in [0.2, 0.25) is 0 Å². The first-order valence-corrected chi connectivity index (χ1v) is 7.33. The van der Waals surface area contributed by atoms with E-state index >= 15 is 0 Å². The lowest BCUT2D eigenvalue weighted by Crippen LogP contribution is -2.31. The van der Waals surface area contributed by atoms with Crippen molar-refractivity contribution < 1.29 is 9.18 Å². The first-order valence-electron chi connectivity index (χ1n) is 7.33. The van der Waals surface area contributed by atoms with Crippen LogP contribution < -0.4 is 4.90 Å². The number of fused-ring (bicyclic) bond motifs is 1. The summed E-state index contributed by atoms with van der Waals surface area (Å²) in [5, 5.41) is 0. The molecule has 0 unspecified atom stereocenters. The van der Waals surface area contributed by atoms with Gasteiger partial charge in [0.15, 0.2) is 5.78 Å². The van der Waals surface area contributed by atoms with E-state index in [1.165, 1.54) is 17.2 Å². The molecule has 3 rings (SSSR count). The van der Waals surface area contributed by atoms with Gasteiger partial charge in [0.05, 0.1) is 5.69 Å². The van der Waals surface area contributed by atoms with Crippen LogP contribution in [-0.2, 0) is 13.0 Å². The predicted octanol–water partition coefficient (Wildman–Crippen LogP) is 3.98. The quantitative estimate of drug-likeness (QED) is 0.794. The van der Waals surface area contributed by atoms with E-state index in [9.17, 15) is 9.18 Å². The highest BCUT2D eigenvalue weighted by atomic mass is 19.1. The maximum absolute atomic E-state index is 14.3. The number of hydrogen-bond acceptors (Lipinski definition) is 2. The fourth-order valence-corrected chi connectivity index (χ4v) is 2.84. The normalized spacial score (nSPS) is 13.9. The van der Waals surface area contributed by atoms with E-state index in [0.717, 1.165) is 13.0 Å². The van der Waals surface area contributed by atoms with Gasteiger partial charge in [0, 0.05) is 25.1 Å². The minimum Gasteiger partial charge on any atom is -0.364 e. The molecule has 2 aromatic carbocycles. The van der Waals surface area contributed by atoms with Crippen molar-refractivity contribution in [1.82, 2.24) is 0 Å². The Morgan fingerprint density at radius 2 is 1.95 bits per heavy atom. The standard InChI is InChI=1S/C18H18FNO/c1-2-18(21)14-7-8-17(16(19)11-14)20-10-9-13-5-3-4-6-15(13)12-20/h3-8,11H,2,9-10,12H2,1H3. The van der Waals surface area contributed by atoms with Gasteiger partial charge in [-0.25, -0.2) is 4.39 Å². The minimum atomic E-state index is -0.311. The van der Waals surface area contributed by atoms with Crippen LogP contribution in [0.3, 0.4) is 0 Å². The number of nitrogens with zero attached hydrogens (tertiary/aromatic N) is 1. The SMILES string of the molecule is CCC(=O)c1ccc(N2CCc3ccccc3C2)c(F)c1. The number of hydrogen-bond donors (Lipinski definition) is 0. The summed E-state index contributed by atoms with van der Waals surface area (Å²) in [5.41, 5.74) is 3.62. The van der Waals surface area contributed by atoms with Gasteiger partial charge in [-0.15, -0.1) is 0 Å². The Morgan fingerprint density at radius 3 is 2.67 bits per heavy atom. The van der Waals surface area contributed by atoms with Crippen LogP contribution in [0.1, 0.15) is 34.8 Å². The Balaban J connectivity index is 1.87. The summed E-state index contributed by atoms with van der Waals surface area (Å²) in [7, 11) is 0. The van der Waals surface area contributed by atoms with Gasteiger partial charge >= 0.3 is 0 Å². The summed E-state index contributed by atoms with van der Waals surface area (Å²) < 4.78 is 14.3. The summed E-state index contributed by atoms with van der Waals surface area (Å²) in [5.74, 6) is -0.335. The molecule has 0 amide bonds. The Kier molecular flexibility index (Phi) is 3.74. The molecule has 0 bridgehead atoms. The molecule has 0 spiro atoms. The molecular weight excluding hydrogens is 265 g/mol. The van der Waals surface area contributed by atoms with Gasteiger partial charge in [-0.2, -0.15) is 0 Å². The number of halogens is 1. The second kappa shape index (κ2) is 5.68. The van der Waals surface area contributed by atoms with E-state index in [4.69, 9.17) is 0 Å². The van der Waals surface area contributed by atoms with Gasteiger partial charge in [0.25, 0.3) is 0 Å². The van der Waals surface area contributed by atoms with E-state index in [-0.39, 0.29) is 11.6 Å². The van der Waals surface area contributed by atoms with Crippen molar-refractivity contribution in [1.29, 1.82) is 0 Å².